The summed E-state index contributed by atoms with van der Waals surface area (Å²) in [4.78, 5) is 22.8. The molecule has 0 unspecified atom stereocenters. The van der Waals surface area contributed by atoms with Gasteiger partial charge in [-0.15, -0.1) is 0 Å². The zero-order chi connectivity index (χ0) is 36.3. The fourth-order valence-electron chi connectivity index (χ4n) is 9.93. The molecule has 1 amide bonds. The van der Waals surface area contributed by atoms with Gasteiger partial charge in [0.1, 0.15) is 5.75 Å². The highest BCUT2D eigenvalue weighted by molar-refractivity contribution is 7.90. The molecule has 4 heterocycles. The number of benzene rings is 2. The van der Waals surface area contributed by atoms with Crippen molar-refractivity contribution in [1.82, 2.24) is 14.6 Å². The summed E-state index contributed by atoms with van der Waals surface area (Å²) in [5.41, 5.74) is 4.93. The van der Waals surface area contributed by atoms with Gasteiger partial charge in [-0.25, -0.2) is 13.1 Å². The zero-order valence-corrected chi connectivity index (χ0v) is 31.9. The number of anilines is 1. The van der Waals surface area contributed by atoms with E-state index in [1.165, 1.54) is 22.3 Å². The SMILES string of the molecule is C[C@@H]1[C@@H](C)CCC[C@@](O)(CN2CCc3ccncc3C2)[C@@H]2CC[C@H]2CN2C[C@@]3(CCCc4cc(Cl)ccc43)COc3ccc(cc32)C(=O)NS1(=O)=O. The minimum absolute atomic E-state index is 0.0830. The van der Waals surface area contributed by atoms with Gasteiger partial charge in [0, 0.05) is 61.1 Å². The van der Waals surface area contributed by atoms with E-state index >= 15 is 0 Å². The fourth-order valence-corrected chi connectivity index (χ4v) is 11.4. The van der Waals surface area contributed by atoms with Crippen molar-refractivity contribution in [3.05, 3.63) is 87.7 Å². The van der Waals surface area contributed by atoms with E-state index in [0.717, 1.165) is 62.3 Å². The number of amides is 1. The number of halogens is 1. The molecule has 0 saturated heterocycles. The van der Waals surface area contributed by atoms with Crippen LogP contribution in [-0.4, -0.2) is 73.0 Å². The minimum Gasteiger partial charge on any atom is -0.490 e. The topological polar surface area (TPSA) is 112 Å². The number of carbonyl (C=O) groups excluding carboxylic acids is 1. The number of fused-ring (bicyclic) bond motifs is 5. The molecule has 0 radical (unpaired) electrons. The van der Waals surface area contributed by atoms with Gasteiger partial charge >= 0.3 is 0 Å². The molecule has 3 aliphatic heterocycles. The van der Waals surface area contributed by atoms with Crippen LogP contribution in [0.15, 0.2) is 54.9 Å². The van der Waals surface area contributed by atoms with Crippen molar-refractivity contribution >= 4 is 33.2 Å². The highest BCUT2D eigenvalue weighted by Gasteiger charge is 2.49. The van der Waals surface area contributed by atoms with Crippen molar-refractivity contribution < 1.29 is 23.1 Å². The van der Waals surface area contributed by atoms with E-state index < -0.39 is 26.8 Å². The molecular formula is C41H51ClN4O5S. The number of aliphatic hydroxyl groups is 1. The van der Waals surface area contributed by atoms with Crippen molar-refractivity contribution in [3.63, 3.8) is 0 Å². The number of hydrogen-bond acceptors (Lipinski definition) is 8. The summed E-state index contributed by atoms with van der Waals surface area (Å²) < 4.78 is 36.2. The Labute approximate surface area is 313 Å². The number of carbonyl (C=O) groups is 1. The van der Waals surface area contributed by atoms with Crippen LogP contribution in [-0.2, 0) is 34.8 Å². The molecule has 1 aromatic heterocycles. The summed E-state index contributed by atoms with van der Waals surface area (Å²) in [5.74, 6) is 0.182. The number of aryl methyl sites for hydroxylation is 1. The Kier molecular flexibility index (Phi) is 9.58. The van der Waals surface area contributed by atoms with E-state index in [4.69, 9.17) is 16.3 Å². The molecule has 6 atom stereocenters. The Morgan fingerprint density at radius 3 is 2.71 bits per heavy atom. The maximum absolute atomic E-state index is 13.6. The average molecular weight is 747 g/mol. The van der Waals surface area contributed by atoms with Gasteiger partial charge in [0.05, 0.1) is 23.1 Å². The third kappa shape index (κ3) is 6.73. The lowest BCUT2D eigenvalue weighted by Crippen LogP contribution is -2.57. The Balaban J connectivity index is 1.17. The van der Waals surface area contributed by atoms with Crippen LogP contribution in [0.25, 0.3) is 0 Å². The normalized spacial score (nSPS) is 31.9. The minimum atomic E-state index is -3.96. The fraction of sp³-hybridized carbons (Fsp3) is 0.561. The van der Waals surface area contributed by atoms with E-state index in [1.807, 2.05) is 37.5 Å². The number of β-amino-alcohol motifs (C(OH)–C–C–N with tert-alkyl or cyclic N) is 1. The first-order chi connectivity index (χ1) is 24.9. The molecule has 1 spiro atoms. The lowest BCUT2D eigenvalue weighted by molar-refractivity contribution is -0.107. The van der Waals surface area contributed by atoms with Gasteiger partial charge in [-0.2, -0.15) is 0 Å². The monoisotopic (exact) mass is 746 g/mol. The molecule has 2 N–H and O–H groups in total. The van der Waals surface area contributed by atoms with Gasteiger partial charge < -0.3 is 14.7 Å². The average Bonchev–Trinajstić information content (AvgIpc) is 3.25. The molecule has 3 aromatic rings. The van der Waals surface area contributed by atoms with Crippen molar-refractivity contribution in [2.24, 2.45) is 17.8 Å². The van der Waals surface area contributed by atoms with Crippen molar-refractivity contribution in [2.75, 3.05) is 37.7 Å². The van der Waals surface area contributed by atoms with Gasteiger partial charge in [-0.3, -0.25) is 14.7 Å². The Hall–Kier alpha value is -3.18. The molecule has 9 nitrogen and oxygen atoms in total. The van der Waals surface area contributed by atoms with E-state index in [1.54, 1.807) is 13.0 Å². The highest BCUT2D eigenvalue weighted by Crippen LogP contribution is 2.49. The van der Waals surface area contributed by atoms with Gasteiger partial charge in [-0.1, -0.05) is 31.0 Å². The number of ether oxygens (including phenoxy) is 1. The van der Waals surface area contributed by atoms with Crippen molar-refractivity contribution in [1.29, 1.82) is 0 Å². The molecule has 2 bridgehead atoms. The number of sulfonamides is 1. The number of nitrogens with zero attached hydrogens (tertiary/aromatic N) is 3. The summed E-state index contributed by atoms with van der Waals surface area (Å²) in [6.07, 6.45) is 11.6. The summed E-state index contributed by atoms with van der Waals surface area (Å²) >= 11 is 6.48. The Bertz CT molecular complexity index is 1960. The predicted molar refractivity (Wildman–Crippen MR) is 203 cm³/mol. The first-order valence-corrected chi connectivity index (χ1v) is 21.1. The molecule has 5 aliphatic rings. The molecule has 2 aliphatic carbocycles. The van der Waals surface area contributed by atoms with Gasteiger partial charge in [0.15, 0.2) is 0 Å². The molecule has 278 valence electrons. The van der Waals surface area contributed by atoms with Crippen LogP contribution in [0.5, 0.6) is 5.75 Å². The Morgan fingerprint density at radius 2 is 1.88 bits per heavy atom. The lowest BCUT2D eigenvalue weighted by atomic mass is 9.62. The molecular weight excluding hydrogens is 696 g/mol. The lowest BCUT2D eigenvalue weighted by Gasteiger charge is -2.51. The molecule has 8 rings (SSSR count). The van der Waals surface area contributed by atoms with E-state index in [9.17, 15) is 18.3 Å². The molecule has 11 heteroatoms. The van der Waals surface area contributed by atoms with Crippen LogP contribution in [0.1, 0.15) is 91.4 Å². The van der Waals surface area contributed by atoms with E-state index in [2.05, 4.69) is 37.7 Å². The van der Waals surface area contributed by atoms with Crippen LogP contribution in [0.2, 0.25) is 5.02 Å². The van der Waals surface area contributed by atoms with E-state index in [-0.39, 0.29) is 28.7 Å². The third-order valence-electron chi connectivity index (χ3n) is 13.3. The zero-order valence-electron chi connectivity index (χ0n) is 30.3. The van der Waals surface area contributed by atoms with Gasteiger partial charge in [0.2, 0.25) is 10.0 Å². The number of aromatic nitrogens is 1. The highest BCUT2D eigenvalue weighted by atomic mass is 35.5. The summed E-state index contributed by atoms with van der Waals surface area (Å²) in [6, 6.07) is 13.6. The van der Waals surface area contributed by atoms with Crippen LogP contribution in [0.3, 0.4) is 0 Å². The maximum atomic E-state index is 13.6. The van der Waals surface area contributed by atoms with E-state index in [0.29, 0.717) is 51.3 Å². The molecule has 1 fully saturated rings. The quantitative estimate of drug-likeness (QED) is 0.315. The summed E-state index contributed by atoms with van der Waals surface area (Å²) in [6.45, 7) is 7.71. The van der Waals surface area contributed by atoms with Crippen LogP contribution >= 0.6 is 11.6 Å². The number of nitrogens with one attached hydrogen (secondary N) is 1. The number of pyridine rings is 1. The summed E-state index contributed by atoms with van der Waals surface area (Å²) in [5, 5.41) is 12.9. The first-order valence-electron chi connectivity index (χ1n) is 19.2. The largest absolute Gasteiger partial charge is 0.490 e. The predicted octanol–water partition coefficient (Wildman–Crippen LogP) is 6.29. The second-order valence-electron chi connectivity index (χ2n) is 16.5. The Morgan fingerprint density at radius 1 is 1.02 bits per heavy atom. The second-order valence-corrected chi connectivity index (χ2v) is 19.0. The summed E-state index contributed by atoms with van der Waals surface area (Å²) in [7, 11) is -3.96. The molecule has 1 saturated carbocycles. The molecule has 52 heavy (non-hydrogen) atoms. The van der Waals surface area contributed by atoms with Crippen molar-refractivity contribution in [2.45, 2.75) is 94.4 Å². The first kappa shape index (κ1) is 35.8. The number of hydrogen-bond donors (Lipinski definition) is 2. The van der Waals surface area contributed by atoms with Crippen LogP contribution in [0, 0.1) is 17.8 Å². The van der Waals surface area contributed by atoms with Gasteiger partial charge in [-0.05, 0) is 135 Å². The molecule has 2 aromatic carbocycles. The third-order valence-corrected chi connectivity index (χ3v) is 15.4. The van der Waals surface area contributed by atoms with Gasteiger partial charge in [0.25, 0.3) is 5.91 Å². The maximum Gasteiger partial charge on any atom is 0.264 e. The van der Waals surface area contributed by atoms with Crippen molar-refractivity contribution in [3.8, 4) is 5.75 Å². The van der Waals surface area contributed by atoms with Crippen LogP contribution in [0.4, 0.5) is 5.69 Å². The number of rotatable bonds is 2. The smallest absolute Gasteiger partial charge is 0.264 e. The standard InChI is InChI=1S/C41H51ClN4O5S/c1-27-5-3-16-41(48,25-45-18-14-29-13-17-43-21-33(29)22-45)36-10-7-32(36)23-46-24-40(15-4-6-30-19-34(42)9-11-35(30)40)26-51-38-12-8-31(20-37(38)46)39(47)44-52(49,50)28(27)2/h8-9,11-13,17,19-21,27-28,32,36,48H,3-7,10,14-16,18,22-26H2,1-2H3,(H,44,47)/t27-,28+,32-,36+,40-,41+/m0/s1. The second kappa shape index (κ2) is 13.9. The van der Waals surface area contributed by atoms with Crippen LogP contribution < -0.4 is 14.4 Å².